The van der Waals surface area contributed by atoms with Gasteiger partial charge in [0.05, 0.1) is 21.2 Å². The van der Waals surface area contributed by atoms with Crippen molar-refractivity contribution in [2.75, 3.05) is 21.3 Å². The third kappa shape index (κ3) is 14.2. The van der Waals surface area contributed by atoms with Gasteiger partial charge in [-0.05, 0) is 133 Å². The molecule has 86 heavy (non-hydrogen) atoms. The van der Waals surface area contributed by atoms with Crippen LogP contribution in [0.1, 0.15) is 63.7 Å². The molecule has 0 aliphatic rings. The number of nitrogens with one attached hydrogen (secondary N) is 4. The van der Waals surface area contributed by atoms with E-state index < -0.39 is 147 Å². The number of rotatable bonds is 18. The first-order valence-corrected chi connectivity index (χ1v) is 32.6. The van der Waals surface area contributed by atoms with E-state index in [9.17, 15) is 102 Å². The van der Waals surface area contributed by atoms with Crippen LogP contribution in [0.25, 0.3) is 21.5 Å². The van der Waals surface area contributed by atoms with E-state index in [1.54, 1.807) is 26.0 Å². The van der Waals surface area contributed by atoms with E-state index in [4.69, 9.17) is 0 Å². The van der Waals surface area contributed by atoms with E-state index in [1.165, 1.54) is 72.8 Å². The highest BCUT2D eigenvalue weighted by Crippen LogP contribution is 2.39. The smallest absolute Gasteiger partial charge is 0.295 e. The number of amides is 4. The number of benzene rings is 8. The zero-order chi connectivity index (χ0) is 63.4. The van der Waals surface area contributed by atoms with Gasteiger partial charge in [-0.1, -0.05) is 36.4 Å². The molecule has 4 amide bonds. The first kappa shape index (κ1) is 63.3. The number of hydrogen-bond donors (Lipinski definition) is 10. The largest absolute Gasteiger partial charge is 0.322 e. The predicted octanol–water partition coefficient (Wildman–Crippen LogP) is 6.45. The summed E-state index contributed by atoms with van der Waals surface area (Å²) in [5, 5.41) is 6.82. The molecule has 0 atom stereocenters. The summed E-state index contributed by atoms with van der Waals surface area (Å²) in [6.45, 7) is 3.16. The Morgan fingerprint density at radius 1 is 0.337 bits per heavy atom. The lowest BCUT2D eigenvalue weighted by molar-refractivity contribution is -0.117. The van der Waals surface area contributed by atoms with Gasteiger partial charge in [-0.2, -0.15) is 50.5 Å². The molecule has 0 unspecified atom stereocenters. The third-order valence-electron chi connectivity index (χ3n) is 12.9. The molecule has 0 aromatic heterocycles. The highest BCUT2D eigenvalue weighted by Gasteiger charge is 2.30. The predicted molar refractivity (Wildman–Crippen MR) is 306 cm³/mol. The second kappa shape index (κ2) is 23.3. The highest BCUT2D eigenvalue weighted by atomic mass is 32.2. The second-order valence-electron chi connectivity index (χ2n) is 18.9. The van der Waals surface area contributed by atoms with Crippen molar-refractivity contribution in [3.8, 4) is 0 Å². The van der Waals surface area contributed by atoms with Crippen molar-refractivity contribution in [1.82, 2.24) is 0 Å². The average molecular weight is 1300 g/mol. The van der Waals surface area contributed by atoms with E-state index in [-0.39, 0.29) is 52.3 Å². The molecule has 8 aromatic rings. The van der Waals surface area contributed by atoms with Crippen molar-refractivity contribution in [3.05, 3.63) is 178 Å². The van der Waals surface area contributed by atoms with Crippen LogP contribution in [-0.4, -0.2) is 107 Å². The lowest BCUT2D eigenvalue weighted by Gasteiger charge is -2.16. The van der Waals surface area contributed by atoms with Gasteiger partial charge in [0.2, 0.25) is 0 Å². The molecule has 0 saturated heterocycles. The van der Waals surface area contributed by atoms with E-state index in [2.05, 4.69) is 21.3 Å². The number of anilines is 4. The number of carbonyl (C=O) groups excluding carboxylic acids is 5. The molecule has 0 bridgehead atoms. The molecule has 0 saturated carbocycles. The molecule has 0 aliphatic carbocycles. The van der Waals surface area contributed by atoms with Crippen molar-refractivity contribution in [3.63, 3.8) is 0 Å². The monoisotopic (exact) mass is 1290 g/mol. The Kier molecular flexibility index (Phi) is 17.1. The topological polar surface area (TPSA) is 460 Å². The first-order chi connectivity index (χ1) is 39.8. The molecular formula is C53H42N4O23S6. The van der Waals surface area contributed by atoms with Crippen LogP contribution in [0.2, 0.25) is 0 Å². The number of fused-ring (bicyclic) bond motifs is 2. The SMILES string of the molecule is Cc1ccc(C(=O)Nc2ccc(S(=O)(=O)O)c3cc(S(=O)(=O)O)cc(S(=O)(=O)O)c23)cc1NC(=O)c1cccc(CC(=O)Cc2cccc(C(=O)Nc3cc(C(=O)Nc4ccc(S(=O)(=O)O)c5cc(S(=O)(=O)O)cc(S(=O)(=O)O)c45)ccc3C)c2)c1. The fourth-order valence-electron chi connectivity index (χ4n) is 8.89. The summed E-state index contributed by atoms with van der Waals surface area (Å²) in [7, 11) is -31.8. The Morgan fingerprint density at radius 2 is 0.651 bits per heavy atom. The summed E-state index contributed by atoms with van der Waals surface area (Å²) in [5.41, 5.74) is 0.603. The van der Waals surface area contributed by atoms with Gasteiger partial charge in [0.1, 0.15) is 25.4 Å². The van der Waals surface area contributed by atoms with Gasteiger partial charge in [-0.25, -0.2) is 0 Å². The van der Waals surface area contributed by atoms with E-state index in [1.807, 2.05) is 0 Å². The fraction of sp³-hybridized carbons (Fsp3) is 0.0755. The van der Waals surface area contributed by atoms with E-state index in [0.717, 1.165) is 12.1 Å². The van der Waals surface area contributed by atoms with E-state index in [0.29, 0.717) is 58.7 Å². The van der Waals surface area contributed by atoms with Gasteiger partial charge < -0.3 is 21.3 Å². The zero-order valence-electron chi connectivity index (χ0n) is 43.7. The van der Waals surface area contributed by atoms with Gasteiger partial charge in [0.15, 0.2) is 0 Å². The summed E-state index contributed by atoms with van der Waals surface area (Å²) >= 11 is 0. The Balaban J connectivity index is 0.946. The Morgan fingerprint density at radius 3 is 0.965 bits per heavy atom. The molecular weight excluding hydrogens is 1250 g/mol. The Bertz CT molecular complexity index is 4700. The third-order valence-corrected chi connectivity index (χ3v) is 18.1. The zero-order valence-corrected chi connectivity index (χ0v) is 48.6. The summed E-state index contributed by atoms with van der Waals surface area (Å²) in [5.74, 6) is -3.76. The molecule has 0 heterocycles. The first-order valence-electron chi connectivity index (χ1n) is 24.0. The van der Waals surface area contributed by atoms with Crippen LogP contribution in [-0.2, 0) is 78.3 Å². The normalized spacial score (nSPS) is 12.4. The molecule has 27 nitrogen and oxygen atoms in total. The number of ketones is 1. The summed E-state index contributed by atoms with van der Waals surface area (Å²) in [4.78, 5) is 61.2. The lowest BCUT2D eigenvalue weighted by Crippen LogP contribution is -2.17. The number of aryl methyl sites for hydroxylation is 2. The minimum absolute atomic E-state index is 0.0680. The van der Waals surface area contributed by atoms with Gasteiger partial charge >= 0.3 is 0 Å². The standard InChI is InChI=1S/C53H42N4O23S6/c1-27-9-11-33(52(61)54-40-13-15-44(83(69,70)71)38-23-36(81(63,64)65)25-46(48(38)40)85(75,76)77)21-42(27)56-50(59)31-7-3-5-29(17-31)19-35(58)20-30-6-4-8-32(18-30)51(60)57-43-22-34(12-10-28(43)2)53(62)55-41-14-16-45(84(72,73)74)39-24-37(82(66,67)68)26-47(49(39)41)86(78,79)80/h3-18,21-26H,19-20H2,1-2H3,(H,54,61)(H,55,62)(H,56,59)(H,57,60)(H,63,64,65)(H,66,67,68)(H,69,70,71)(H,72,73,74)(H,75,76,77)(H,78,79,80). The van der Waals surface area contributed by atoms with Crippen molar-refractivity contribution >= 4 is 134 Å². The van der Waals surface area contributed by atoms with Crippen LogP contribution in [0.15, 0.2) is 163 Å². The number of carbonyl (C=O) groups is 5. The van der Waals surface area contributed by atoms with Crippen LogP contribution >= 0.6 is 0 Å². The maximum absolute atomic E-state index is 13.7. The molecule has 0 spiro atoms. The molecule has 10 N–H and O–H groups in total. The van der Waals surface area contributed by atoms with Gasteiger partial charge in [-0.3, -0.25) is 51.3 Å². The van der Waals surface area contributed by atoms with Gasteiger partial charge in [0, 0.05) is 68.0 Å². The van der Waals surface area contributed by atoms with Gasteiger partial charge in [0.25, 0.3) is 84.3 Å². The molecule has 0 aliphatic heterocycles. The average Bonchev–Trinajstić information content (AvgIpc) is 0.808. The fourth-order valence-corrected chi connectivity index (χ4v) is 13.0. The maximum atomic E-state index is 13.7. The van der Waals surface area contributed by atoms with Gasteiger partial charge in [-0.15, -0.1) is 0 Å². The summed E-state index contributed by atoms with van der Waals surface area (Å²) in [6.07, 6.45) is -0.389. The molecule has 8 rings (SSSR count). The van der Waals surface area contributed by atoms with Crippen LogP contribution in [0, 0.1) is 13.8 Å². The van der Waals surface area contributed by atoms with E-state index >= 15 is 0 Å². The number of hydrogen-bond acceptors (Lipinski definition) is 17. The summed E-state index contributed by atoms with van der Waals surface area (Å²) in [6, 6.07) is 24.5. The minimum atomic E-state index is -5.44. The number of Topliss-reactive ketones (excluding diaryl/α,β-unsaturated/α-hetero) is 1. The molecule has 33 heteroatoms. The summed E-state index contributed by atoms with van der Waals surface area (Å²) < 4.78 is 206. The Labute approximate surface area is 488 Å². The second-order valence-corrected chi connectivity index (χ2v) is 27.3. The molecule has 0 fully saturated rings. The lowest BCUT2D eigenvalue weighted by atomic mass is 9.99. The quantitative estimate of drug-likeness (QED) is 0.0412. The van der Waals surface area contributed by atoms with Crippen molar-refractivity contribution in [2.45, 2.75) is 56.1 Å². The Hall–Kier alpha value is -8.71. The minimum Gasteiger partial charge on any atom is -0.322 e. The van der Waals surface area contributed by atoms with Crippen molar-refractivity contribution in [1.29, 1.82) is 0 Å². The molecule has 448 valence electrons. The maximum Gasteiger partial charge on any atom is 0.295 e. The van der Waals surface area contributed by atoms with Crippen LogP contribution in [0.4, 0.5) is 22.7 Å². The molecule has 8 aromatic carbocycles. The molecule has 0 radical (unpaired) electrons. The van der Waals surface area contributed by atoms with Crippen LogP contribution in [0.5, 0.6) is 0 Å². The van der Waals surface area contributed by atoms with Crippen molar-refractivity contribution in [2.24, 2.45) is 0 Å². The van der Waals surface area contributed by atoms with Crippen LogP contribution in [0.3, 0.4) is 0 Å². The highest BCUT2D eigenvalue weighted by molar-refractivity contribution is 7.88. The van der Waals surface area contributed by atoms with Crippen molar-refractivity contribution < 1.29 is 102 Å². The van der Waals surface area contributed by atoms with Crippen LogP contribution < -0.4 is 21.3 Å².